The highest BCUT2D eigenvalue weighted by molar-refractivity contribution is 7.83. The van der Waals surface area contributed by atoms with Gasteiger partial charge in [0.1, 0.15) is 5.82 Å². The van der Waals surface area contributed by atoms with E-state index in [-0.39, 0.29) is 11.9 Å². The van der Waals surface area contributed by atoms with Crippen LogP contribution in [-0.2, 0) is 23.0 Å². The Morgan fingerprint density at radius 2 is 1.71 bits per heavy atom. The molecule has 0 spiro atoms. The minimum Gasteiger partial charge on any atom is -0.382 e. The fourth-order valence-corrected chi connectivity index (χ4v) is 3.01. The quantitative estimate of drug-likeness (QED) is 0.880. The highest BCUT2D eigenvalue weighted by Gasteiger charge is 2.10. The summed E-state index contributed by atoms with van der Waals surface area (Å²) < 4.78 is 25.1. The highest BCUT2D eigenvalue weighted by atomic mass is 32.2. The lowest BCUT2D eigenvalue weighted by molar-refractivity contribution is 0.601. The molecule has 0 saturated heterocycles. The predicted molar refractivity (Wildman–Crippen MR) is 87.4 cm³/mol. The molecule has 2 aromatic rings. The van der Waals surface area contributed by atoms with E-state index in [1.54, 1.807) is 18.4 Å². The summed E-state index contributed by atoms with van der Waals surface area (Å²) in [5.41, 5.74) is 2.70. The van der Waals surface area contributed by atoms with Crippen LogP contribution in [0, 0.1) is 5.82 Å². The van der Waals surface area contributed by atoms with Crippen molar-refractivity contribution in [3.63, 3.8) is 0 Å². The summed E-state index contributed by atoms with van der Waals surface area (Å²) in [6.45, 7) is 2.02. The van der Waals surface area contributed by atoms with Gasteiger partial charge < -0.3 is 5.32 Å². The maximum atomic E-state index is 13.7. The zero-order valence-electron chi connectivity index (χ0n) is 12.3. The topological polar surface area (TPSA) is 29.1 Å². The van der Waals surface area contributed by atoms with E-state index in [9.17, 15) is 8.60 Å². The van der Waals surface area contributed by atoms with Gasteiger partial charge in [-0.15, -0.1) is 0 Å². The SMILES string of the molecule is C[C@H](Cc1ccccc1F)Nc1ccccc1C[S@](C)=O. The Kier molecular flexibility index (Phi) is 5.51. The Morgan fingerprint density at radius 3 is 2.38 bits per heavy atom. The van der Waals surface area contributed by atoms with Crippen LogP contribution in [0.1, 0.15) is 18.1 Å². The van der Waals surface area contributed by atoms with E-state index in [1.807, 2.05) is 37.3 Å². The molecule has 2 atom stereocenters. The second-order valence-electron chi connectivity index (χ2n) is 5.22. The van der Waals surface area contributed by atoms with Crippen molar-refractivity contribution in [2.24, 2.45) is 0 Å². The van der Waals surface area contributed by atoms with Gasteiger partial charge in [-0.2, -0.15) is 0 Å². The van der Waals surface area contributed by atoms with Crippen LogP contribution in [-0.4, -0.2) is 16.5 Å². The molecule has 0 saturated carbocycles. The maximum absolute atomic E-state index is 13.7. The van der Waals surface area contributed by atoms with E-state index in [0.29, 0.717) is 17.7 Å². The van der Waals surface area contributed by atoms with Crippen molar-refractivity contribution in [2.45, 2.75) is 25.1 Å². The van der Waals surface area contributed by atoms with Gasteiger partial charge in [0.2, 0.25) is 0 Å². The van der Waals surface area contributed by atoms with E-state index in [1.165, 1.54) is 6.07 Å². The Morgan fingerprint density at radius 1 is 1.10 bits per heavy atom. The largest absolute Gasteiger partial charge is 0.382 e. The second-order valence-corrected chi connectivity index (χ2v) is 6.65. The summed E-state index contributed by atoms with van der Waals surface area (Å²) in [5.74, 6) is 0.351. The first-order valence-electron chi connectivity index (χ1n) is 6.94. The highest BCUT2D eigenvalue weighted by Crippen LogP contribution is 2.19. The third kappa shape index (κ3) is 4.67. The monoisotopic (exact) mass is 305 g/mol. The number of nitrogens with one attached hydrogen (secondary N) is 1. The molecule has 0 heterocycles. The van der Waals surface area contributed by atoms with Crippen LogP contribution >= 0.6 is 0 Å². The number of hydrogen-bond acceptors (Lipinski definition) is 2. The standard InChI is InChI=1S/C17H20FNOS/c1-13(11-14-7-3-5-9-16(14)18)19-17-10-6-4-8-15(17)12-21(2)20/h3-10,13,19H,11-12H2,1-2H3/t13-,21+/m1/s1. The van der Waals surface area contributed by atoms with Crippen molar-refractivity contribution in [3.05, 3.63) is 65.5 Å². The van der Waals surface area contributed by atoms with Crippen LogP contribution < -0.4 is 5.32 Å². The van der Waals surface area contributed by atoms with Crippen molar-refractivity contribution in [1.29, 1.82) is 0 Å². The second kappa shape index (κ2) is 7.36. The van der Waals surface area contributed by atoms with Crippen LogP contribution in [0.5, 0.6) is 0 Å². The smallest absolute Gasteiger partial charge is 0.126 e. The first kappa shape index (κ1) is 15.7. The molecule has 0 aliphatic heterocycles. The number of halogens is 1. The van der Waals surface area contributed by atoms with Gasteiger partial charge in [-0.05, 0) is 36.6 Å². The van der Waals surface area contributed by atoms with E-state index >= 15 is 0 Å². The van der Waals surface area contributed by atoms with Gasteiger partial charge in [-0.1, -0.05) is 36.4 Å². The molecular formula is C17H20FNOS. The average molecular weight is 305 g/mol. The van der Waals surface area contributed by atoms with E-state index in [4.69, 9.17) is 0 Å². The van der Waals surface area contributed by atoms with Crippen LogP contribution in [0.15, 0.2) is 48.5 Å². The Labute approximate surface area is 127 Å². The molecule has 2 aromatic carbocycles. The zero-order chi connectivity index (χ0) is 15.2. The van der Waals surface area contributed by atoms with Gasteiger partial charge >= 0.3 is 0 Å². The lowest BCUT2D eigenvalue weighted by Crippen LogP contribution is -2.19. The molecule has 0 fully saturated rings. The van der Waals surface area contributed by atoms with Crippen molar-refractivity contribution in [2.75, 3.05) is 11.6 Å². The Balaban J connectivity index is 2.08. The molecule has 0 bridgehead atoms. The van der Waals surface area contributed by atoms with E-state index < -0.39 is 10.8 Å². The summed E-state index contributed by atoms with van der Waals surface area (Å²) in [5, 5.41) is 3.39. The minimum atomic E-state index is -0.883. The van der Waals surface area contributed by atoms with Crippen LogP contribution in [0.25, 0.3) is 0 Å². The minimum absolute atomic E-state index is 0.0911. The fourth-order valence-electron chi connectivity index (χ4n) is 2.32. The van der Waals surface area contributed by atoms with Crippen molar-refractivity contribution in [3.8, 4) is 0 Å². The predicted octanol–water partition coefficient (Wildman–Crippen LogP) is 3.75. The number of hydrogen-bond donors (Lipinski definition) is 1. The molecule has 112 valence electrons. The lowest BCUT2D eigenvalue weighted by Gasteiger charge is -2.18. The maximum Gasteiger partial charge on any atom is 0.126 e. The molecule has 2 nitrogen and oxygen atoms in total. The molecule has 0 amide bonds. The van der Waals surface area contributed by atoms with Crippen molar-refractivity contribution in [1.82, 2.24) is 0 Å². The van der Waals surface area contributed by atoms with Gasteiger partial charge in [0.15, 0.2) is 0 Å². The number of benzene rings is 2. The van der Waals surface area contributed by atoms with Crippen molar-refractivity contribution >= 4 is 16.5 Å². The van der Waals surface area contributed by atoms with Gasteiger partial charge in [-0.25, -0.2) is 4.39 Å². The van der Waals surface area contributed by atoms with Crippen molar-refractivity contribution < 1.29 is 8.60 Å². The van der Waals surface area contributed by atoms with Gasteiger partial charge in [0.25, 0.3) is 0 Å². The third-order valence-electron chi connectivity index (χ3n) is 3.26. The first-order valence-corrected chi connectivity index (χ1v) is 8.67. The molecule has 4 heteroatoms. The van der Waals surface area contributed by atoms with Crippen LogP contribution in [0.2, 0.25) is 0 Å². The van der Waals surface area contributed by atoms with E-state index in [0.717, 1.165) is 11.3 Å². The molecule has 0 aromatic heterocycles. The molecular weight excluding hydrogens is 285 g/mol. The van der Waals surface area contributed by atoms with Crippen LogP contribution in [0.3, 0.4) is 0 Å². The number of para-hydroxylation sites is 1. The summed E-state index contributed by atoms with van der Waals surface area (Å²) in [6.07, 6.45) is 2.30. The molecule has 0 aliphatic carbocycles. The molecule has 21 heavy (non-hydrogen) atoms. The molecule has 2 rings (SSSR count). The van der Waals surface area contributed by atoms with Gasteiger partial charge in [0, 0.05) is 28.8 Å². The molecule has 1 N–H and O–H groups in total. The first-order chi connectivity index (χ1) is 10.1. The van der Waals surface area contributed by atoms with Gasteiger partial charge in [-0.3, -0.25) is 4.21 Å². The summed E-state index contributed by atoms with van der Waals surface area (Å²) >= 11 is 0. The average Bonchev–Trinajstić information content (AvgIpc) is 2.43. The Bertz CT molecular complexity index is 630. The Hall–Kier alpha value is -1.68. The number of rotatable bonds is 6. The zero-order valence-corrected chi connectivity index (χ0v) is 13.1. The normalized spacial score (nSPS) is 13.7. The molecule has 0 radical (unpaired) electrons. The van der Waals surface area contributed by atoms with Gasteiger partial charge in [0.05, 0.1) is 5.75 Å². The summed E-state index contributed by atoms with van der Waals surface area (Å²) in [4.78, 5) is 0. The fraction of sp³-hybridized carbons (Fsp3) is 0.294. The summed E-state index contributed by atoms with van der Waals surface area (Å²) in [6, 6.07) is 14.8. The van der Waals surface area contributed by atoms with E-state index in [2.05, 4.69) is 5.32 Å². The summed E-state index contributed by atoms with van der Waals surface area (Å²) in [7, 11) is -0.883. The lowest BCUT2D eigenvalue weighted by atomic mass is 10.1. The molecule has 0 unspecified atom stereocenters. The number of anilines is 1. The van der Waals surface area contributed by atoms with Crippen LogP contribution in [0.4, 0.5) is 10.1 Å². The molecule has 0 aliphatic rings. The third-order valence-corrected chi connectivity index (χ3v) is 3.98.